The molecule has 2 aliphatic rings. The molecule has 64 valence electrons. The van der Waals surface area contributed by atoms with E-state index in [0.717, 1.165) is 6.54 Å². The highest BCUT2D eigenvalue weighted by Crippen LogP contribution is 2.27. The minimum absolute atomic E-state index is 0.0799. The van der Waals surface area contributed by atoms with Gasteiger partial charge in [-0.1, -0.05) is 18.2 Å². The van der Waals surface area contributed by atoms with Gasteiger partial charge in [-0.2, -0.15) is 0 Å². The van der Waals surface area contributed by atoms with Crippen molar-refractivity contribution in [2.24, 2.45) is 5.92 Å². The SMILES string of the molecule is O=C1CCNC2C(P)=CC=CC12. The van der Waals surface area contributed by atoms with Crippen LogP contribution >= 0.6 is 9.24 Å². The molecule has 1 saturated heterocycles. The number of fused-ring (bicyclic) bond motifs is 1. The Hall–Kier alpha value is -0.460. The maximum Gasteiger partial charge on any atom is 0.142 e. The largest absolute Gasteiger partial charge is 0.309 e. The van der Waals surface area contributed by atoms with Gasteiger partial charge in [0.15, 0.2) is 0 Å². The summed E-state index contributed by atoms with van der Waals surface area (Å²) in [6.45, 7) is 0.819. The molecular formula is C9H12NOP. The van der Waals surface area contributed by atoms with Crippen LogP contribution in [0.4, 0.5) is 0 Å². The molecule has 1 aliphatic heterocycles. The molecular weight excluding hydrogens is 169 g/mol. The molecule has 3 heteroatoms. The number of ketones is 1. The molecule has 2 rings (SSSR count). The average Bonchev–Trinajstić information content (AvgIpc) is 2.07. The third-order valence-electron chi connectivity index (χ3n) is 2.43. The summed E-state index contributed by atoms with van der Waals surface area (Å²) in [6, 6.07) is 0.237. The van der Waals surface area contributed by atoms with E-state index in [2.05, 4.69) is 14.6 Å². The van der Waals surface area contributed by atoms with E-state index in [4.69, 9.17) is 0 Å². The number of nitrogens with one attached hydrogen (secondary N) is 1. The Morgan fingerprint density at radius 2 is 2.42 bits per heavy atom. The van der Waals surface area contributed by atoms with Crippen LogP contribution in [0.1, 0.15) is 6.42 Å². The zero-order valence-electron chi connectivity index (χ0n) is 6.79. The fourth-order valence-electron chi connectivity index (χ4n) is 1.76. The maximum atomic E-state index is 11.4. The van der Waals surface area contributed by atoms with Gasteiger partial charge in [-0.3, -0.25) is 4.79 Å². The zero-order valence-corrected chi connectivity index (χ0v) is 7.94. The van der Waals surface area contributed by atoms with Gasteiger partial charge in [0.25, 0.3) is 0 Å². The molecule has 0 radical (unpaired) electrons. The van der Waals surface area contributed by atoms with Gasteiger partial charge in [-0.15, -0.1) is 9.24 Å². The molecule has 1 aliphatic carbocycles. The number of hydrogen-bond donors (Lipinski definition) is 1. The summed E-state index contributed by atoms with van der Waals surface area (Å²) in [7, 11) is 2.69. The lowest BCUT2D eigenvalue weighted by Gasteiger charge is -2.31. The van der Waals surface area contributed by atoms with Gasteiger partial charge in [-0.05, 0) is 5.31 Å². The summed E-state index contributed by atoms with van der Waals surface area (Å²) in [4.78, 5) is 11.4. The van der Waals surface area contributed by atoms with Crippen LogP contribution in [0.3, 0.4) is 0 Å². The van der Waals surface area contributed by atoms with Crippen LogP contribution in [0.25, 0.3) is 0 Å². The van der Waals surface area contributed by atoms with Crippen molar-refractivity contribution in [2.45, 2.75) is 12.5 Å². The quantitative estimate of drug-likeness (QED) is 0.561. The fourth-order valence-corrected chi connectivity index (χ4v) is 2.20. The first kappa shape index (κ1) is 8.15. The first-order valence-corrected chi connectivity index (χ1v) is 4.77. The van der Waals surface area contributed by atoms with Crippen molar-refractivity contribution in [3.63, 3.8) is 0 Å². The van der Waals surface area contributed by atoms with Crippen LogP contribution in [0.2, 0.25) is 0 Å². The van der Waals surface area contributed by atoms with Crippen molar-refractivity contribution in [2.75, 3.05) is 6.54 Å². The van der Waals surface area contributed by atoms with Crippen LogP contribution in [-0.2, 0) is 4.79 Å². The molecule has 0 aromatic heterocycles. The van der Waals surface area contributed by atoms with Crippen molar-refractivity contribution < 1.29 is 4.79 Å². The minimum Gasteiger partial charge on any atom is -0.309 e. The lowest BCUT2D eigenvalue weighted by molar-refractivity contribution is -0.123. The topological polar surface area (TPSA) is 29.1 Å². The number of carbonyl (C=O) groups excluding carboxylic acids is 1. The van der Waals surface area contributed by atoms with Gasteiger partial charge in [0.05, 0.1) is 5.92 Å². The van der Waals surface area contributed by atoms with E-state index in [-0.39, 0.29) is 12.0 Å². The Labute approximate surface area is 74.3 Å². The molecule has 0 bridgehead atoms. The van der Waals surface area contributed by atoms with E-state index >= 15 is 0 Å². The molecule has 1 N–H and O–H groups in total. The zero-order chi connectivity index (χ0) is 8.55. The van der Waals surface area contributed by atoms with Crippen molar-refractivity contribution in [3.05, 3.63) is 23.5 Å². The van der Waals surface area contributed by atoms with E-state index in [1.807, 2.05) is 18.2 Å². The van der Waals surface area contributed by atoms with E-state index in [9.17, 15) is 4.79 Å². The van der Waals surface area contributed by atoms with Gasteiger partial charge in [0.1, 0.15) is 5.78 Å². The molecule has 2 nitrogen and oxygen atoms in total. The number of piperidine rings is 1. The lowest BCUT2D eigenvalue weighted by Crippen LogP contribution is -2.46. The number of allylic oxidation sites excluding steroid dienone is 2. The highest BCUT2D eigenvalue weighted by molar-refractivity contribution is 7.22. The standard InChI is InChI=1S/C9H12NOP/c11-7-4-5-10-9-6(7)2-1-3-8(9)12/h1-3,6,9-10H,4-5,12H2. The Bertz CT molecular complexity index is 270. The Morgan fingerprint density at radius 1 is 1.58 bits per heavy atom. The van der Waals surface area contributed by atoms with Gasteiger partial charge < -0.3 is 5.32 Å². The van der Waals surface area contributed by atoms with Crippen molar-refractivity contribution in [3.8, 4) is 0 Å². The summed E-state index contributed by atoms with van der Waals surface area (Å²) in [5.41, 5.74) is 0. The van der Waals surface area contributed by atoms with E-state index < -0.39 is 0 Å². The van der Waals surface area contributed by atoms with Gasteiger partial charge in [-0.25, -0.2) is 0 Å². The van der Waals surface area contributed by atoms with E-state index in [1.54, 1.807) is 0 Å². The first-order chi connectivity index (χ1) is 5.79. The lowest BCUT2D eigenvalue weighted by atomic mass is 9.86. The highest BCUT2D eigenvalue weighted by Gasteiger charge is 2.31. The Balaban J connectivity index is 2.26. The molecule has 0 spiro atoms. The van der Waals surface area contributed by atoms with Crippen LogP contribution in [0.5, 0.6) is 0 Å². The smallest absolute Gasteiger partial charge is 0.142 e. The summed E-state index contributed by atoms with van der Waals surface area (Å²) >= 11 is 0. The number of hydrogen-bond acceptors (Lipinski definition) is 2. The average molecular weight is 181 g/mol. The van der Waals surface area contributed by atoms with Gasteiger partial charge >= 0.3 is 0 Å². The van der Waals surface area contributed by atoms with Crippen LogP contribution in [0.15, 0.2) is 23.5 Å². The third kappa shape index (κ3) is 1.26. The van der Waals surface area contributed by atoms with Gasteiger partial charge in [0.2, 0.25) is 0 Å². The van der Waals surface area contributed by atoms with Crippen LogP contribution < -0.4 is 5.32 Å². The van der Waals surface area contributed by atoms with Crippen LogP contribution in [0, 0.1) is 5.92 Å². The normalized spacial score (nSPS) is 34.4. The molecule has 3 atom stereocenters. The molecule has 3 unspecified atom stereocenters. The second kappa shape index (κ2) is 3.12. The molecule has 0 saturated carbocycles. The number of carbonyl (C=O) groups is 1. The number of rotatable bonds is 0. The highest BCUT2D eigenvalue weighted by atomic mass is 31.0. The molecule has 0 amide bonds. The molecule has 1 fully saturated rings. The fraction of sp³-hybridized carbons (Fsp3) is 0.444. The first-order valence-electron chi connectivity index (χ1n) is 4.19. The van der Waals surface area contributed by atoms with Crippen molar-refractivity contribution >= 4 is 15.0 Å². The summed E-state index contributed by atoms with van der Waals surface area (Å²) in [5.74, 6) is 0.444. The number of Topliss-reactive ketones (excluding diaryl/α,β-unsaturated/α-hetero) is 1. The van der Waals surface area contributed by atoms with E-state index in [0.29, 0.717) is 12.2 Å². The van der Waals surface area contributed by atoms with Gasteiger partial charge in [0, 0.05) is 19.0 Å². The Kier molecular flexibility index (Phi) is 2.12. The second-order valence-corrected chi connectivity index (χ2v) is 3.89. The van der Waals surface area contributed by atoms with Crippen LogP contribution in [-0.4, -0.2) is 18.4 Å². The van der Waals surface area contributed by atoms with E-state index in [1.165, 1.54) is 5.31 Å². The molecule has 12 heavy (non-hydrogen) atoms. The Morgan fingerprint density at radius 3 is 3.17 bits per heavy atom. The second-order valence-electron chi connectivity index (χ2n) is 3.23. The molecule has 0 aromatic rings. The summed E-state index contributed by atoms with van der Waals surface area (Å²) in [6.07, 6.45) is 6.67. The van der Waals surface area contributed by atoms with Crippen molar-refractivity contribution in [1.29, 1.82) is 0 Å². The maximum absolute atomic E-state index is 11.4. The van der Waals surface area contributed by atoms with Crippen molar-refractivity contribution in [1.82, 2.24) is 5.32 Å². The monoisotopic (exact) mass is 181 g/mol. The molecule has 1 heterocycles. The predicted molar refractivity (Wildman–Crippen MR) is 51.8 cm³/mol. The molecule has 0 aromatic carbocycles. The minimum atomic E-state index is 0.0799. The summed E-state index contributed by atoms with van der Waals surface area (Å²) < 4.78 is 0. The summed E-state index contributed by atoms with van der Waals surface area (Å²) in [5, 5.41) is 4.53. The predicted octanol–water partition coefficient (Wildman–Crippen LogP) is 0.862. The third-order valence-corrected chi connectivity index (χ3v) is 2.98.